The molecule has 1 aromatic carbocycles. The third-order valence-electron chi connectivity index (χ3n) is 3.54. The van der Waals surface area contributed by atoms with Gasteiger partial charge in [-0.2, -0.15) is 0 Å². The van der Waals surface area contributed by atoms with Gasteiger partial charge in [-0.05, 0) is 23.3 Å². The summed E-state index contributed by atoms with van der Waals surface area (Å²) in [7, 11) is 4.02. The van der Waals surface area contributed by atoms with Crippen molar-refractivity contribution in [3.8, 4) is 12.3 Å². The Balaban J connectivity index is 1.85. The van der Waals surface area contributed by atoms with Crippen molar-refractivity contribution in [1.82, 2.24) is 0 Å². The highest BCUT2D eigenvalue weighted by Gasteiger charge is 2.01. The Morgan fingerprint density at radius 3 is 2.29 bits per heavy atom. The summed E-state index contributed by atoms with van der Waals surface area (Å²) in [5.41, 5.74) is 3.46. The van der Waals surface area contributed by atoms with Gasteiger partial charge in [0.25, 0.3) is 0 Å². The maximum absolute atomic E-state index is 5.07. The highest BCUT2D eigenvalue weighted by atomic mass is 17.2. The van der Waals surface area contributed by atoms with Gasteiger partial charge in [0.2, 0.25) is 0 Å². The van der Waals surface area contributed by atoms with E-state index < -0.39 is 0 Å². The number of rotatable bonds is 8. The Hall–Kier alpha value is -2.61. The van der Waals surface area contributed by atoms with Crippen LogP contribution < -0.4 is 9.47 Å². The van der Waals surface area contributed by atoms with Crippen LogP contribution >= 0.6 is 0 Å². The first kappa shape index (κ1) is 17.7. The van der Waals surface area contributed by atoms with Crippen LogP contribution in [0.4, 0.5) is 5.69 Å². The smallest absolute Gasteiger partial charge is 0.169 e. The molecule has 124 valence electrons. The Morgan fingerprint density at radius 2 is 1.67 bits per heavy atom. The van der Waals surface area contributed by atoms with Crippen molar-refractivity contribution in [1.29, 1.82) is 0 Å². The zero-order valence-corrected chi connectivity index (χ0v) is 14.2. The van der Waals surface area contributed by atoms with Crippen LogP contribution in [0.2, 0.25) is 0 Å². The molecule has 0 bridgehead atoms. The molecule has 0 aliphatic rings. The number of terminal acetylenes is 1. The predicted molar refractivity (Wildman–Crippen MR) is 97.0 cm³/mol. The Morgan fingerprint density at radius 1 is 1.04 bits per heavy atom. The maximum atomic E-state index is 5.07. The molecule has 0 radical (unpaired) electrons. The number of likely N-dealkylation sites (N-methyl/N-ethyl adjacent to an activating group) is 1. The SMILES string of the molecule is C#CCOOCCN(C)c1ccc(/C=C/c2cc[n+](C)cc2)cc1. The molecular formula is C20H23N2O2+. The molecule has 1 heterocycles. The molecule has 0 unspecified atom stereocenters. The zero-order valence-electron chi connectivity index (χ0n) is 14.2. The number of hydrogen-bond acceptors (Lipinski definition) is 3. The first-order valence-corrected chi connectivity index (χ1v) is 7.81. The molecule has 0 aliphatic heterocycles. The van der Waals surface area contributed by atoms with Gasteiger partial charge in [-0.25, -0.2) is 14.3 Å². The lowest BCUT2D eigenvalue weighted by atomic mass is 10.1. The van der Waals surface area contributed by atoms with E-state index in [4.69, 9.17) is 16.2 Å². The first-order valence-electron chi connectivity index (χ1n) is 7.81. The van der Waals surface area contributed by atoms with Crippen molar-refractivity contribution < 1.29 is 14.3 Å². The van der Waals surface area contributed by atoms with Gasteiger partial charge in [-0.15, -0.1) is 6.42 Å². The number of nitrogens with zero attached hydrogens (tertiary/aromatic N) is 2. The van der Waals surface area contributed by atoms with E-state index >= 15 is 0 Å². The second kappa shape index (κ2) is 9.51. The molecule has 0 amide bonds. The highest BCUT2D eigenvalue weighted by Crippen LogP contribution is 2.15. The van der Waals surface area contributed by atoms with Gasteiger partial charge in [-0.1, -0.05) is 30.2 Å². The number of aromatic nitrogens is 1. The largest absolute Gasteiger partial charge is 0.372 e. The molecule has 0 N–H and O–H groups in total. The normalized spacial score (nSPS) is 10.7. The van der Waals surface area contributed by atoms with Crippen molar-refractivity contribution in [3.05, 3.63) is 59.9 Å². The van der Waals surface area contributed by atoms with Crippen LogP contribution in [-0.2, 0) is 16.8 Å². The lowest BCUT2D eigenvalue weighted by Crippen LogP contribution is -2.25. The lowest BCUT2D eigenvalue weighted by Gasteiger charge is -2.18. The molecule has 0 saturated heterocycles. The van der Waals surface area contributed by atoms with Crippen molar-refractivity contribution in [2.24, 2.45) is 7.05 Å². The number of pyridine rings is 1. The summed E-state index contributed by atoms with van der Waals surface area (Å²) in [5, 5.41) is 0. The van der Waals surface area contributed by atoms with Gasteiger partial charge < -0.3 is 4.90 Å². The fourth-order valence-electron chi connectivity index (χ4n) is 2.09. The summed E-state index contributed by atoms with van der Waals surface area (Å²) >= 11 is 0. The summed E-state index contributed by atoms with van der Waals surface area (Å²) in [6.07, 6.45) is 13.4. The second-order valence-electron chi connectivity index (χ2n) is 5.43. The van der Waals surface area contributed by atoms with E-state index in [-0.39, 0.29) is 6.61 Å². The molecule has 0 saturated carbocycles. The van der Waals surface area contributed by atoms with Crippen LogP contribution in [0.25, 0.3) is 12.2 Å². The lowest BCUT2D eigenvalue weighted by molar-refractivity contribution is -0.671. The van der Waals surface area contributed by atoms with Crippen molar-refractivity contribution >= 4 is 17.8 Å². The van der Waals surface area contributed by atoms with Crippen LogP contribution in [0.1, 0.15) is 11.1 Å². The average Bonchev–Trinajstić information content (AvgIpc) is 2.61. The van der Waals surface area contributed by atoms with E-state index in [1.54, 1.807) is 0 Å². The molecular weight excluding hydrogens is 300 g/mol. The monoisotopic (exact) mass is 323 g/mol. The highest BCUT2D eigenvalue weighted by molar-refractivity contribution is 5.70. The summed E-state index contributed by atoms with van der Waals surface area (Å²) in [6.45, 7) is 1.36. The molecule has 0 fully saturated rings. The van der Waals surface area contributed by atoms with E-state index in [1.807, 2.05) is 31.1 Å². The molecule has 0 spiro atoms. The Labute approximate surface area is 143 Å². The molecule has 1 aromatic heterocycles. The van der Waals surface area contributed by atoms with Crippen LogP contribution in [-0.4, -0.2) is 26.8 Å². The molecule has 0 aliphatic carbocycles. The quantitative estimate of drug-likeness (QED) is 0.246. The number of hydrogen-bond donors (Lipinski definition) is 0. The van der Waals surface area contributed by atoms with E-state index in [0.29, 0.717) is 6.61 Å². The summed E-state index contributed by atoms with van der Waals surface area (Å²) in [5.74, 6) is 2.35. The van der Waals surface area contributed by atoms with Gasteiger partial charge in [0, 0.05) is 31.4 Å². The summed E-state index contributed by atoms with van der Waals surface area (Å²) in [6, 6.07) is 12.5. The van der Waals surface area contributed by atoms with Crippen LogP contribution in [0.15, 0.2) is 48.8 Å². The number of aryl methyl sites for hydroxylation is 1. The summed E-state index contributed by atoms with van der Waals surface area (Å²) < 4.78 is 2.02. The van der Waals surface area contributed by atoms with Gasteiger partial charge >= 0.3 is 0 Å². The topological polar surface area (TPSA) is 25.6 Å². The fourth-order valence-corrected chi connectivity index (χ4v) is 2.09. The van der Waals surface area contributed by atoms with Crippen molar-refractivity contribution in [3.63, 3.8) is 0 Å². The standard InChI is InChI=1S/C20H23N2O2/c1-4-16-23-24-17-15-22(3)20-9-7-18(8-10-20)5-6-19-11-13-21(2)14-12-19/h1,5-14H,15-17H2,2-3H3/q+1. The van der Waals surface area contributed by atoms with Crippen molar-refractivity contribution in [2.75, 3.05) is 31.7 Å². The van der Waals surface area contributed by atoms with E-state index in [1.165, 1.54) is 5.56 Å². The summed E-state index contributed by atoms with van der Waals surface area (Å²) in [4.78, 5) is 11.9. The zero-order chi connectivity index (χ0) is 17.2. The fraction of sp³-hybridized carbons (Fsp3) is 0.250. The van der Waals surface area contributed by atoms with Crippen LogP contribution in [0.3, 0.4) is 0 Å². The molecule has 2 rings (SSSR count). The molecule has 2 aromatic rings. The van der Waals surface area contributed by atoms with Crippen LogP contribution in [0.5, 0.6) is 0 Å². The minimum Gasteiger partial charge on any atom is -0.372 e. The number of anilines is 1. The molecule has 4 heteroatoms. The Kier molecular flexibility index (Phi) is 7.03. The molecule has 0 atom stereocenters. The minimum atomic E-state index is 0.171. The molecule has 4 nitrogen and oxygen atoms in total. The second-order valence-corrected chi connectivity index (χ2v) is 5.43. The van der Waals surface area contributed by atoms with Crippen molar-refractivity contribution in [2.45, 2.75) is 0 Å². The first-order chi connectivity index (χ1) is 11.7. The van der Waals surface area contributed by atoms with E-state index in [9.17, 15) is 0 Å². The minimum absolute atomic E-state index is 0.171. The maximum Gasteiger partial charge on any atom is 0.169 e. The van der Waals surface area contributed by atoms with E-state index in [0.717, 1.165) is 17.8 Å². The average molecular weight is 323 g/mol. The van der Waals surface area contributed by atoms with Gasteiger partial charge in [0.1, 0.15) is 13.7 Å². The third-order valence-corrected chi connectivity index (χ3v) is 3.54. The number of benzene rings is 1. The van der Waals surface area contributed by atoms with E-state index in [2.05, 4.69) is 59.4 Å². The molecule has 24 heavy (non-hydrogen) atoms. The van der Waals surface area contributed by atoms with Gasteiger partial charge in [0.05, 0.1) is 6.61 Å². The van der Waals surface area contributed by atoms with Gasteiger partial charge in [0.15, 0.2) is 12.4 Å². The Bertz CT molecular complexity index is 685. The van der Waals surface area contributed by atoms with Gasteiger partial charge in [-0.3, -0.25) is 0 Å². The van der Waals surface area contributed by atoms with Crippen LogP contribution in [0, 0.1) is 12.3 Å². The third kappa shape index (κ3) is 5.88. The predicted octanol–water partition coefficient (Wildman–Crippen LogP) is 2.70.